The average molecular weight is 303 g/mol. The Morgan fingerprint density at radius 3 is 2.95 bits per heavy atom. The van der Waals surface area contributed by atoms with Gasteiger partial charge in [0.15, 0.2) is 0 Å². The fourth-order valence-electron chi connectivity index (χ4n) is 2.61. The van der Waals surface area contributed by atoms with Crippen molar-refractivity contribution in [3.63, 3.8) is 0 Å². The van der Waals surface area contributed by atoms with Gasteiger partial charge in [-0.15, -0.1) is 0 Å². The van der Waals surface area contributed by atoms with Crippen molar-refractivity contribution in [1.82, 2.24) is 4.90 Å². The van der Waals surface area contributed by atoms with Crippen LogP contribution in [0, 0.1) is 5.82 Å². The fourth-order valence-corrected chi connectivity index (χ4v) is 3.91. The quantitative estimate of drug-likeness (QED) is 0.929. The molecule has 1 aliphatic heterocycles. The van der Waals surface area contributed by atoms with Crippen LogP contribution in [0.3, 0.4) is 0 Å². The van der Waals surface area contributed by atoms with E-state index in [1.807, 2.05) is 11.8 Å². The van der Waals surface area contributed by atoms with Gasteiger partial charge in [0.2, 0.25) is 0 Å². The third-order valence-corrected chi connectivity index (χ3v) is 5.45. The van der Waals surface area contributed by atoms with Gasteiger partial charge < -0.3 is 5.73 Å². The van der Waals surface area contributed by atoms with Crippen molar-refractivity contribution in [3.05, 3.63) is 34.6 Å². The van der Waals surface area contributed by atoms with Crippen LogP contribution < -0.4 is 5.73 Å². The minimum atomic E-state index is -0.224. The first-order valence-electron chi connectivity index (χ1n) is 6.57. The SMILES string of the molecule is CC1SCCN(C(CN)c2cc(Cl)ccc2F)C1C. The molecular weight excluding hydrogens is 283 g/mol. The van der Waals surface area contributed by atoms with Crippen molar-refractivity contribution < 1.29 is 4.39 Å². The number of rotatable bonds is 3. The van der Waals surface area contributed by atoms with Crippen LogP contribution in [0.5, 0.6) is 0 Å². The monoisotopic (exact) mass is 302 g/mol. The third-order valence-electron chi connectivity index (χ3n) is 3.87. The zero-order chi connectivity index (χ0) is 14.0. The highest BCUT2D eigenvalue weighted by Gasteiger charge is 2.32. The van der Waals surface area contributed by atoms with Crippen LogP contribution in [0.4, 0.5) is 4.39 Å². The molecule has 0 bridgehead atoms. The number of hydrogen-bond donors (Lipinski definition) is 1. The van der Waals surface area contributed by atoms with E-state index < -0.39 is 0 Å². The molecule has 0 saturated carbocycles. The topological polar surface area (TPSA) is 29.3 Å². The second-order valence-electron chi connectivity index (χ2n) is 4.97. The van der Waals surface area contributed by atoms with Crippen LogP contribution in [-0.2, 0) is 0 Å². The second-order valence-corrected chi connectivity index (χ2v) is 6.89. The van der Waals surface area contributed by atoms with Crippen molar-refractivity contribution in [2.45, 2.75) is 31.2 Å². The first-order chi connectivity index (χ1) is 9.04. The molecule has 2 nitrogen and oxygen atoms in total. The molecule has 19 heavy (non-hydrogen) atoms. The number of hydrogen-bond acceptors (Lipinski definition) is 3. The van der Waals surface area contributed by atoms with Gasteiger partial charge in [0.25, 0.3) is 0 Å². The lowest BCUT2D eigenvalue weighted by Crippen LogP contribution is -2.48. The van der Waals surface area contributed by atoms with Gasteiger partial charge in [-0.2, -0.15) is 11.8 Å². The Kier molecular flexibility index (Phi) is 5.12. The van der Waals surface area contributed by atoms with Gasteiger partial charge in [-0.3, -0.25) is 4.90 Å². The second kappa shape index (κ2) is 6.44. The van der Waals surface area contributed by atoms with Gasteiger partial charge in [-0.25, -0.2) is 4.39 Å². The summed E-state index contributed by atoms with van der Waals surface area (Å²) >= 11 is 7.95. The maximum atomic E-state index is 14.0. The lowest BCUT2D eigenvalue weighted by molar-refractivity contribution is 0.148. The molecule has 106 valence electrons. The predicted molar refractivity (Wildman–Crippen MR) is 81.3 cm³/mol. The van der Waals surface area contributed by atoms with E-state index in [1.54, 1.807) is 12.1 Å². The Morgan fingerprint density at radius 2 is 2.26 bits per heavy atom. The van der Waals surface area contributed by atoms with Crippen molar-refractivity contribution in [1.29, 1.82) is 0 Å². The molecule has 1 aromatic carbocycles. The normalized spacial score (nSPS) is 26.4. The summed E-state index contributed by atoms with van der Waals surface area (Å²) in [6.07, 6.45) is 0. The van der Waals surface area contributed by atoms with E-state index in [-0.39, 0.29) is 11.9 Å². The minimum Gasteiger partial charge on any atom is -0.329 e. The smallest absolute Gasteiger partial charge is 0.128 e. The van der Waals surface area contributed by atoms with Gasteiger partial charge >= 0.3 is 0 Å². The van der Waals surface area contributed by atoms with Crippen LogP contribution in [0.2, 0.25) is 5.02 Å². The van der Waals surface area contributed by atoms with Crippen LogP contribution in [0.15, 0.2) is 18.2 Å². The highest BCUT2D eigenvalue weighted by Crippen LogP contribution is 2.33. The molecule has 0 amide bonds. The summed E-state index contributed by atoms with van der Waals surface area (Å²) < 4.78 is 14.0. The zero-order valence-electron chi connectivity index (χ0n) is 11.3. The lowest BCUT2D eigenvalue weighted by Gasteiger charge is -2.42. The first kappa shape index (κ1) is 15.1. The molecule has 0 aliphatic carbocycles. The Hall–Kier alpha value is -0.290. The first-order valence-corrected chi connectivity index (χ1v) is 7.99. The Labute approximate surface area is 123 Å². The van der Waals surface area contributed by atoms with E-state index in [4.69, 9.17) is 17.3 Å². The molecule has 1 aliphatic rings. The molecule has 0 aromatic heterocycles. The number of nitrogens with zero attached hydrogens (tertiary/aromatic N) is 1. The van der Waals surface area contributed by atoms with E-state index in [0.717, 1.165) is 12.3 Å². The standard InChI is InChI=1S/C14H20ClFN2S/c1-9-10(2)19-6-5-18(9)14(8-17)12-7-11(15)3-4-13(12)16/h3-4,7,9-10,14H,5-6,8,17H2,1-2H3. The molecule has 1 aromatic rings. The summed E-state index contributed by atoms with van der Waals surface area (Å²) in [6.45, 7) is 5.73. The minimum absolute atomic E-state index is 0.1000. The molecule has 5 heteroatoms. The molecule has 3 unspecified atom stereocenters. The van der Waals surface area contributed by atoms with E-state index in [9.17, 15) is 4.39 Å². The van der Waals surface area contributed by atoms with Gasteiger partial charge in [0, 0.05) is 40.7 Å². The van der Waals surface area contributed by atoms with Crippen LogP contribution >= 0.6 is 23.4 Å². The van der Waals surface area contributed by atoms with Crippen molar-refractivity contribution >= 4 is 23.4 Å². The molecule has 2 N–H and O–H groups in total. The van der Waals surface area contributed by atoms with Crippen molar-refractivity contribution in [2.75, 3.05) is 18.8 Å². The number of thioether (sulfide) groups is 1. The van der Waals surface area contributed by atoms with E-state index in [2.05, 4.69) is 18.7 Å². The molecular formula is C14H20ClFN2S. The van der Waals surface area contributed by atoms with Gasteiger partial charge in [-0.05, 0) is 25.1 Å². The molecule has 3 atom stereocenters. The summed E-state index contributed by atoms with van der Waals surface area (Å²) in [7, 11) is 0. The largest absolute Gasteiger partial charge is 0.329 e. The highest BCUT2D eigenvalue weighted by atomic mass is 35.5. The maximum Gasteiger partial charge on any atom is 0.128 e. The third kappa shape index (κ3) is 3.24. The number of nitrogens with two attached hydrogens (primary N) is 1. The Bertz CT molecular complexity index is 443. The molecule has 1 saturated heterocycles. The number of benzene rings is 1. The molecule has 2 rings (SSSR count). The zero-order valence-corrected chi connectivity index (χ0v) is 12.8. The van der Waals surface area contributed by atoms with E-state index in [0.29, 0.717) is 28.4 Å². The molecule has 0 radical (unpaired) electrons. The van der Waals surface area contributed by atoms with Gasteiger partial charge in [0.1, 0.15) is 5.82 Å². The summed E-state index contributed by atoms with van der Waals surface area (Å²) in [6, 6.07) is 4.98. The summed E-state index contributed by atoms with van der Waals surface area (Å²) in [5.74, 6) is 0.836. The summed E-state index contributed by atoms with van der Waals surface area (Å²) in [5, 5.41) is 1.09. The lowest BCUT2D eigenvalue weighted by atomic mass is 10.0. The maximum absolute atomic E-state index is 14.0. The van der Waals surface area contributed by atoms with E-state index in [1.165, 1.54) is 6.07 Å². The molecule has 1 fully saturated rings. The fraction of sp³-hybridized carbons (Fsp3) is 0.571. The van der Waals surface area contributed by atoms with Crippen LogP contribution in [0.25, 0.3) is 0 Å². The van der Waals surface area contributed by atoms with Gasteiger partial charge in [-0.1, -0.05) is 18.5 Å². The van der Waals surface area contributed by atoms with E-state index >= 15 is 0 Å². The Morgan fingerprint density at radius 1 is 1.53 bits per heavy atom. The van der Waals surface area contributed by atoms with Gasteiger partial charge in [0.05, 0.1) is 6.04 Å². The summed E-state index contributed by atoms with van der Waals surface area (Å²) in [4.78, 5) is 2.30. The molecule has 1 heterocycles. The van der Waals surface area contributed by atoms with Crippen molar-refractivity contribution in [2.24, 2.45) is 5.73 Å². The Balaban J connectivity index is 2.30. The van der Waals surface area contributed by atoms with Crippen molar-refractivity contribution in [3.8, 4) is 0 Å². The predicted octanol–water partition coefficient (Wildman–Crippen LogP) is 3.30. The summed E-state index contributed by atoms with van der Waals surface area (Å²) in [5.41, 5.74) is 6.52. The molecule has 0 spiro atoms. The number of halogens is 2. The van der Waals surface area contributed by atoms with Crippen LogP contribution in [-0.4, -0.2) is 35.0 Å². The highest BCUT2D eigenvalue weighted by molar-refractivity contribution is 8.00. The van der Waals surface area contributed by atoms with Crippen LogP contribution in [0.1, 0.15) is 25.5 Å². The average Bonchev–Trinajstić information content (AvgIpc) is 2.39.